The molecule has 0 fully saturated rings. The van der Waals surface area contributed by atoms with Crippen LogP contribution in [0.2, 0.25) is 5.02 Å². The fourth-order valence-electron chi connectivity index (χ4n) is 1.88. The van der Waals surface area contributed by atoms with Crippen molar-refractivity contribution in [3.8, 4) is 0 Å². The maximum Gasteiger partial charge on any atom is 0.209 e. The van der Waals surface area contributed by atoms with E-state index < -0.39 is 0 Å². The molecule has 18 heavy (non-hydrogen) atoms. The summed E-state index contributed by atoms with van der Waals surface area (Å²) in [5.74, 6) is -0.0460. The van der Waals surface area contributed by atoms with Gasteiger partial charge in [0.25, 0.3) is 0 Å². The molecule has 1 aromatic carbocycles. The molecular formula is C14H9ClN2O. The Labute approximate surface area is 109 Å². The third-order valence-corrected chi connectivity index (χ3v) is 3.02. The first kappa shape index (κ1) is 11.0. The Morgan fingerprint density at radius 2 is 1.89 bits per heavy atom. The van der Waals surface area contributed by atoms with E-state index in [9.17, 15) is 4.79 Å². The predicted octanol–water partition coefficient (Wildman–Crippen LogP) is 3.22. The van der Waals surface area contributed by atoms with Gasteiger partial charge in [-0.15, -0.1) is 0 Å². The van der Waals surface area contributed by atoms with Crippen molar-refractivity contribution in [3.63, 3.8) is 0 Å². The van der Waals surface area contributed by atoms with Crippen LogP contribution >= 0.6 is 11.6 Å². The third kappa shape index (κ3) is 1.79. The monoisotopic (exact) mass is 256 g/mol. The van der Waals surface area contributed by atoms with Crippen molar-refractivity contribution in [2.45, 2.75) is 0 Å². The number of aromatic nitrogens is 2. The number of rotatable bonds is 2. The van der Waals surface area contributed by atoms with E-state index in [-0.39, 0.29) is 5.78 Å². The fraction of sp³-hybridized carbons (Fsp3) is 0. The highest BCUT2D eigenvalue weighted by Crippen LogP contribution is 2.15. The van der Waals surface area contributed by atoms with Gasteiger partial charge in [0.2, 0.25) is 5.78 Å². The van der Waals surface area contributed by atoms with Crippen LogP contribution in [0.1, 0.15) is 16.1 Å². The molecule has 0 atom stereocenters. The molecule has 0 saturated heterocycles. The number of pyridine rings is 1. The molecule has 0 radical (unpaired) electrons. The molecule has 0 aliphatic heterocycles. The number of nitrogens with zero attached hydrogens (tertiary/aromatic N) is 2. The Kier molecular flexibility index (Phi) is 2.61. The van der Waals surface area contributed by atoms with Gasteiger partial charge in [0.1, 0.15) is 5.65 Å². The molecule has 0 aliphatic rings. The standard InChI is InChI=1S/C14H9ClN2O/c15-11-6-4-10(5-7-11)14(18)12-2-1-3-13-16-8-9-17(12)13/h1-9H. The van der Waals surface area contributed by atoms with Gasteiger partial charge in [-0.2, -0.15) is 0 Å². The summed E-state index contributed by atoms with van der Waals surface area (Å²) >= 11 is 5.81. The highest BCUT2D eigenvalue weighted by atomic mass is 35.5. The molecule has 2 aromatic heterocycles. The fourth-order valence-corrected chi connectivity index (χ4v) is 2.01. The number of halogens is 1. The molecule has 0 N–H and O–H groups in total. The van der Waals surface area contributed by atoms with Crippen LogP contribution < -0.4 is 0 Å². The van der Waals surface area contributed by atoms with Crippen molar-refractivity contribution >= 4 is 23.0 Å². The lowest BCUT2D eigenvalue weighted by atomic mass is 10.1. The lowest BCUT2D eigenvalue weighted by molar-refractivity contribution is 0.103. The molecule has 3 rings (SSSR count). The molecule has 3 nitrogen and oxygen atoms in total. The molecule has 0 bridgehead atoms. The smallest absolute Gasteiger partial charge is 0.209 e. The predicted molar refractivity (Wildman–Crippen MR) is 70.1 cm³/mol. The zero-order valence-corrected chi connectivity index (χ0v) is 10.1. The van der Waals surface area contributed by atoms with Crippen LogP contribution in [-0.2, 0) is 0 Å². The zero-order chi connectivity index (χ0) is 12.5. The number of hydrogen-bond acceptors (Lipinski definition) is 2. The number of fused-ring (bicyclic) bond motifs is 1. The van der Waals surface area contributed by atoms with Gasteiger partial charge in [-0.25, -0.2) is 4.98 Å². The first-order valence-corrected chi connectivity index (χ1v) is 5.86. The van der Waals surface area contributed by atoms with Crippen LogP contribution in [0.4, 0.5) is 0 Å². The minimum absolute atomic E-state index is 0.0460. The summed E-state index contributed by atoms with van der Waals surface area (Å²) in [5.41, 5.74) is 1.96. The van der Waals surface area contributed by atoms with Crippen LogP contribution in [-0.4, -0.2) is 15.2 Å². The van der Waals surface area contributed by atoms with Crippen molar-refractivity contribution < 1.29 is 4.79 Å². The molecule has 88 valence electrons. The van der Waals surface area contributed by atoms with Crippen molar-refractivity contribution in [1.82, 2.24) is 9.38 Å². The molecule has 0 aliphatic carbocycles. The molecule has 3 aromatic rings. The summed E-state index contributed by atoms with van der Waals surface area (Å²) in [5, 5.41) is 0.618. The molecule has 0 amide bonds. The number of carbonyl (C=O) groups is 1. The van der Waals surface area contributed by atoms with E-state index in [1.165, 1.54) is 0 Å². The molecule has 0 unspecified atom stereocenters. The van der Waals surface area contributed by atoms with E-state index in [2.05, 4.69) is 4.98 Å². The zero-order valence-electron chi connectivity index (χ0n) is 9.38. The van der Waals surface area contributed by atoms with Gasteiger partial charge in [-0.05, 0) is 36.4 Å². The second kappa shape index (κ2) is 4.27. The Morgan fingerprint density at radius 3 is 2.67 bits per heavy atom. The molecule has 0 saturated carbocycles. The van der Waals surface area contributed by atoms with Crippen molar-refractivity contribution in [3.05, 3.63) is 71.1 Å². The first-order chi connectivity index (χ1) is 8.75. The number of hydrogen-bond donors (Lipinski definition) is 0. The van der Waals surface area contributed by atoms with E-state index in [4.69, 9.17) is 11.6 Å². The van der Waals surface area contributed by atoms with Gasteiger partial charge in [-0.3, -0.25) is 9.20 Å². The molecule has 2 heterocycles. The number of imidazole rings is 1. The van der Waals surface area contributed by atoms with Gasteiger partial charge in [0, 0.05) is 23.0 Å². The van der Waals surface area contributed by atoms with Crippen molar-refractivity contribution in [2.24, 2.45) is 0 Å². The van der Waals surface area contributed by atoms with E-state index in [1.54, 1.807) is 47.1 Å². The summed E-state index contributed by atoms with van der Waals surface area (Å²) in [6, 6.07) is 12.3. The average molecular weight is 257 g/mol. The summed E-state index contributed by atoms with van der Waals surface area (Å²) in [7, 11) is 0. The average Bonchev–Trinajstić information content (AvgIpc) is 2.87. The third-order valence-electron chi connectivity index (χ3n) is 2.77. The van der Waals surface area contributed by atoms with E-state index in [0.29, 0.717) is 16.3 Å². The van der Waals surface area contributed by atoms with Gasteiger partial charge in [0.15, 0.2) is 0 Å². The Morgan fingerprint density at radius 1 is 1.11 bits per heavy atom. The lowest BCUT2D eigenvalue weighted by Gasteiger charge is -2.04. The van der Waals surface area contributed by atoms with Gasteiger partial charge in [-0.1, -0.05) is 17.7 Å². The normalized spacial score (nSPS) is 10.7. The summed E-state index contributed by atoms with van der Waals surface area (Å²) in [6.45, 7) is 0. The second-order valence-corrected chi connectivity index (χ2v) is 4.34. The Balaban J connectivity index is 2.12. The number of carbonyl (C=O) groups excluding carboxylic acids is 1. The minimum Gasteiger partial charge on any atom is -0.296 e. The van der Waals surface area contributed by atoms with Crippen molar-refractivity contribution in [1.29, 1.82) is 0 Å². The van der Waals surface area contributed by atoms with E-state index in [1.807, 2.05) is 12.1 Å². The van der Waals surface area contributed by atoms with E-state index in [0.717, 1.165) is 5.65 Å². The van der Waals surface area contributed by atoms with Gasteiger partial charge in [0.05, 0.1) is 5.69 Å². The van der Waals surface area contributed by atoms with Crippen LogP contribution in [0.5, 0.6) is 0 Å². The Hall–Kier alpha value is -2.13. The number of ketones is 1. The van der Waals surface area contributed by atoms with Crippen LogP contribution in [0.15, 0.2) is 54.9 Å². The van der Waals surface area contributed by atoms with E-state index >= 15 is 0 Å². The molecule has 0 spiro atoms. The maximum atomic E-state index is 12.4. The number of benzene rings is 1. The minimum atomic E-state index is -0.0460. The second-order valence-electron chi connectivity index (χ2n) is 3.90. The van der Waals surface area contributed by atoms with Gasteiger partial charge < -0.3 is 0 Å². The summed E-state index contributed by atoms with van der Waals surface area (Å²) in [6.07, 6.45) is 3.45. The quantitative estimate of drug-likeness (QED) is 0.660. The van der Waals surface area contributed by atoms with Crippen LogP contribution in [0.25, 0.3) is 5.65 Å². The molecular weight excluding hydrogens is 248 g/mol. The first-order valence-electron chi connectivity index (χ1n) is 5.48. The lowest BCUT2D eigenvalue weighted by Crippen LogP contribution is -2.06. The SMILES string of the molecule is O=C(c1ccc(Cl)cc1)c1cccc2nccn12. The largest absolute Gasteiger partial charge is 0.296 e. The highest BCUT2D eigenvalue weighted by molar-refractivity contribution is 6.30. The topological polar surface area (TPSA) is 34.4 Å². The highest BCUT2D eigenvalue weighted by Gasteiger charge is 2.12. The Bertz CT molecular complexity index is 716. The van der Waals surface area contributed by atoms with Crippen molar-refractivity contribution in [2.75, 3.05) is 0 Å². The summed E-state index contributed by atoms with van der Waals surface area (Å²) < 4.78 is 1.77. The van der Waals surface area contributed by atoms with Crippen LogP contribution in [0, 0.1) is 0 Å². The summed E-state index contributed by atoms with van der Waals surface area (Å²) in [4.78, 5) is 16.5. The van der Waals surface area contributed by atoms with Gasteiger partial charge >= 0.3 is 0 Å². The molecule has 4 heteroatoms. The van der Waals surface area contributed by atoms with Crippen LogP contribution in [0.3, 0.4) is 0 Å². The maximum absolute atomic E-state index is 12.4.